The zero-order valence-corrected chi connectivity index (χ0v) is 54.1. The molecule has 0 amide bonds. The van der Waals surface area contributed by atoms with Crippen LogP contribution < -0.4 is 17.2 Å². The maximum atomic E-state index is 9.45. The van der Waals surface area contributed by atoms with Gasteiger partial charge in [0.1, 0.15) is 17.5 Å². The quantitative estimate of drug-likeness (QED) is 0.0859. The summed E-state index contributed by atoms with van der Waals surface area (Å²) < 4.78 is 4.74. The molecule has 3 fully saturated rings. The van der Waals surface area contributed by atoms with Crippen LogP contribution in [-0.4, -0.2) is 94.6 Å². The topological polar surface area (TPSA) is 191 Å². The van der Waals surface area contributed by atoms with Gasteiger partial charge in [-0.05, 0) is 147 Å². The highest BCUT2D eigenvalue weighted by Crippen LogP contribution is 2.47. The van der Waals surface area contributed by atoms with Gasteiger partial charge in [-0.25, -0.2) is 29.9 Å². The molecular formula is C82H77N13O. The van der Waals surface area contributed by atoms with Crippen LogP contribution in [0.25, 0.3) is 116 Å². The van der Waals surface area contributed by atoms with Gasteiger partial charge in [-0.1, -0.05) is 146 Å². The first-order chi connectivity index (χ1) is 47.0. The molecule has 7 N–H and O–H groups in total. The minimum absolute atomic E-state index is 0.114. The lowest BCUT2D eigenvalue weighted by Crippen LogP contribution is -2.40. The van der Waals surface area contributed by atoms with E-state index in [9.17, 15) is 5.11 Å². The van der Waals surface area contributed by atoms with Crippen LogP contribution in [0, 0.1) is 23.7 Å². The van der Waals surface area contributed by atoms with Crippen molar-refractivity contribution in [3.63, 3.8) is 0 Å². The summed E-state index contributed by atoms with van der Waals surface area (Å²) in [6, 6.07) is 68.3. The third-order valence-corrected chi connectivity index (χ3v) is 20.2. The lowest BCUT2D eigenvalue weighted by Gasteiger charge is -2.38. The summed E-state index contributed by atoms with van der Waals surface area (Å²) in [5, 5.41) is 14.9. The Morgan fingerprint density at radius 2 is 0.927 bits per heavy atom. The van der Waals surface area contributed by atoms with Gasteiger partial charge < -0.3 is 41.2 Å². The molecule has 0 radical (unpaired) electrons. The van der Waals surface area contributed by atoms with Crippen LogP contribution in [0.1, 0.15) is 56.2 Å². The molecule has 3 aliphatic carbocycles. The minimum atomic E-state index is 0.114. The lowest BCUT2D eigenvalue weighted by molar-refractivity contribution is 0.114. The van der Waals surface area contributed by atoms with E-state index in [4.69, 9.17) is 32.2 Å². The van der Waals surface area contributed by atoms with Gasteiger partial charge in [-0.15, -0.1) is 0 Å². The van der Waals surface area contributed by atoms with Gasteiger partial charge in [0.2, 0.25) is 0 Å². The predicted molar refractivity (Wildman–Crippen MR) is 392 cm³/mol. The van der Waals surface area contributed by atoms with Crippen molar-refractivity contribution in [2.75, 3.05) is 45.3 Å². The first-order valence-electron chi connectivity index (χ1n) is 33.7. The van der Waals surface area contributed by atoms with E-state index < -0.39 is 0 Å². The molecule has 13 aromatic rings. The fraction of sp³-hybridized carbons (Fsp3) is 0.220. The number of nitrogens with two attached hydrogens (primary N) is 3. The molecular weight excluding hydrogens is 1180 g/mol. The van der Waals surface area contributed by atoms with Gasteiger partial charge in [0.15, 0.2) is 0 Å². The second kappa shape index (κ2) is 25.5. The van der Waals surface area contributed by atoms with Crippen LogP contribution in [0.3, 0.4) is 0 Å². The van der Waals surface area contributed by atoms with Crippen LogP contribution in [0.15, 0.2) is 242 Å². The van der Waals surface area contributed by atoms with Crippen molar-refractivity contribution in [1.29, 1.82) is 0 Å². The summed E-state index contributed by atoms with van der Waals surface area (Å²) in [5.41, 5.74) is 37.5. The number of anilines is 2. The number of hydrogen-bond acceptors (Lipinski definition) is 12. The Bertz CT molecular complexity index is 5140. The van der Waals surface area contributed by atoms with E-state index in [-0.39, 0.29) is 18.6 Å². The number of aromatic nitrogens is 7. The van der Waals surface area contributed by atoms with Crippen molar-refractivity contribution in [3.8, 4) is 56.0 Å². The largest absolute Gasteiger partial charge is 0.396 e. The first-order valence-corrected chi connectivity index (χ1v) is 33.7. The summed E-state index contributed by atoms with van der Waals surface area (Å²) in [6.07, 6.45) is 21.5. The van der Waals surface area contributed by atoms with Gasteiger partial charge >= 0.3 is 0 Å². The van der Waals surface area contributed by atoms with E-state index in [1.807, 2.05) is 73.1 Å². The number of rotatable bonds is 13. The second-order valence-corrected chi connectivity index (χ2v) is 27.0. The maximum Gasteiger partial charge on any atom is 0.133 e. The number of amidine groups is 1. The summed E-state index contributed by atoms with van der Waals surface area (Å²) in [6.45, 7) is 2.50. The van der Waals surface area contributed by atoms with Gasteiger partial charge in [-0.3, -0.25) is 0 Å². The fourth-order valence-corrected chi connectivity index (χ4v) is 15.0. The molecule has 96 heavy (non-hydrogen) atoms. The van der Waals surface area contributed by atoms with Crippen molar-refractivity contribution >= 4 is 77.6 Å². The van der Waals surface area contributed by atoms with E-state index in [0.717, 1.165) is 143 Å². The predicted octanol–water partition coefficient (Wildman–Crippen LogP) is 16.3. The SMILES string of the molecule is CN(C)CC1CC(n2cc(-c3ccc4ccc(-c5ccccc5)nc4c3)c3c(N)nccc32)C1.NC1=NC=CC2C1C(c1ccc3ccc(-c4ccccc4)nc3c1)=CN2CC1CC1.Nc1nccc2c1c(-c1ccc3ccc(-c4ccccc4)nc3c1)cn2C1CC(CO)C1. The number of aliphatic imine (C=N–C) groups is 1. The fourth-order valence-electron chi connectivity index (χ4n) is 15.0. The normalized spacial score (nSPS) is 19.5. The van der Waals surface area contributed by atoms with Crippen LogP contribution >= 0.6 is 0 Å². The van der Waals surface area contributed by atoms with Gasteiger partial charge in [0.05, 0.1) is 56.6 Å². The number of nitrogens with zero attached hydrogens (tertiary/aromatic N) is 10. The minimum Gasteiger partial charge on any atom is -0.396 e. The van der Waals surface area contributed by atoms with Crippen LogP contribution in [-0.2, 0) is 0 Å². The van der Waals surface area contributed by atoms with Crippen LogP contribution in [0.4, 0.5) is 11.6 Å². The molecule has 6 aromatic carbocycles. The van der Waals surface area contributed by atoms with Crippen LogP contribution in [0.2, 0.25) is 0 Å². The Morgan fingerprint density at radius 3 is 1.38 bits per heavy atom. The molecule has 14 nitrogen and oxygen atoms in total. The standard InChI is InChI=1S/C29H29N5.C27H24N4O.C26H24N4/c1-33(2)17-19-14-23(15-19)34-18-24(28-27(34)12-13-31-29(28)30)22-9-8-21-10-11-25(32-26(21)16-22)20-6-4-3-5-7-20;28-27-26-22(15-31(25(26)10-11-29-27)21-12-17(13-21)16-32)20-7-6-19-8-9-23(30-24(19)14-20)18-4-2-1-3-5-18;27-26-25-21(16-30(15-17-6-7-17)24(25)12-13-28-26)20-9-8-19-10-11-22(29-23(19)14-20)18-4-2-1-3-5-18/h3-13,16,18-19,23H,14-15,17H2,1-2H3,(H2,30,31);1-11,14-15,17,21,32H,12-13,16H2,(H2,28,29);1-5,8-14,16-17,24-25H,6-7,15H2,(H2,27,28). The monoisotopic (exact) mass is 1260 g/mol. The Morgan fingerprint density at radius 1 is 0.490 bits per heavy atom. The Labute approximate surface area is 558 Å². The maximum absolute atomic E-state index is 9.45. The first kappa shape index (κ1) is 60.2. The van der Waals surface area contributed by atoms with Crippen molar-refractivity contribution in [1.82, 2.24) is 43.9 Å². The average molecular weight is 1260 g/mol. The summed E-state index contributed by atoms with van der Waals surface area (Å²) in [7, 11) is 4.31. The summed E-state index contributed by atoms with van der Waals surface area (Å²) >= 11 is 0. The van der Waals surface area contributed by atoms with Crippen molar-refractivity contribution in [3.05, 3.63) is 243 Å². The zero-order valence-electron chi connectivity index (χ0n) is 54.1. The van der Waals surface area contributed by atoms with Crippen molar-refractivity contribution in [2.45, 2.75) is 56.7 Å². The average Bonchev–Trinajstić information content (AvgIpc) is 1.60. The number of hydrogen-bond donors (Lipinski definition) is 4. The number of fused-ring (bicyclic) bond motifs is 6. The van der Waals surface area contributed by atoms with E-state index in [0.29, 0.717) is 35.5 Å². The van der Waals surface area contributed by atoms with E-state index >= 15 is 0 Å². The number of aliphatic hydroxyl groups is 1. The second-order valence-electron chi connectivity index (χ2n) is 27.0. The van der Waals surface area contributed by atoms with Crippen LogP contribution in [0.5, 0.6) is 0 Å². The molecule has 0 spiro atoms. The molecule has 0 saturated heterocycles. The molecule has 7 aromatic heterocycles. The number of pyridine rings is 5. The van der Waals surface area contributed by atoms with E-state index in [2.05, 4.69) is 206 Å². The van der Waals surface area contributed by atoms with Gasteiger partial charge in [-0.2, -0.15) is 0 Å². The lowest BCUT2D eigenvalue weighted by atomic mass is 9.80. The third kappa shape index (κ3) is 11.8. The number of aliphatic hydroxyl groups excluding tert-OH is 1. The van der Waals surface area contributed by atoms with Crippen molar-refractivity contribution in [2.24, 2.45) is 34.4 Å². The Kier molecular flexibility index (Phi) is 16.0. The Balaban J connectivity index is 0.000000113. The molecule has 2 aliphatic heterocycles. The molecule has 18 rings (SSSR count). The molecule has 0 bridgehead atoms. The molecule has 3 saturated carbocycles. The number of benzene rings is 6. The van der Waals surface area contributed by atoms with E-state index in [1.165, 1.54) is 42.3 Å². The molecule has 2 atom stereocenters. The third-order valence-electron chi connectivity index (χ3n) is 20.2. The van der Waals surface area contributed by atoms with Crippen molar-refractivity contribution < 1.29 is 5.11 Å². The summed E-state index contributed by atoms with van der Waals surface area (Å²) in [4.78, 5) is 32.9. The van der Waals surface area contributed by atoms with E-state index in [1.54, 1.807) is 6.20 Å². The highest BCUT2D eigenvalue weighted by Gasteiger charge is 2.40. The molecule has 9 heterocycles. The van der Waals surface area contributed by atoms with Gasteiger partial charge in [0, 0.05) is 124 Å². The number of nitrogen functional groups attached to an aromatic ring is 2. The molecule has 5 aliphatic rings. The zero-order chi connectivity index (χ0) is 65.0. The molecule has 14 heteroatoms. The summed E-state index contributed by atoms with van der Waals surface area (Å²) in [5.74, 6) is 3.91. The van der Waals surface area contributed by atoms with Gasteiger partial charge in [0.25, 0.3) is 0 Å². The smallest absolute Gasteiger partial charge is 0.133 e. The highest BCUT2D eigenvalue weighted by molar-refractivity contribution is 6.05. The molecule has 2 unspecified atom stereocenters. The molecule has 476 valence electrons. The highest BCUT2D eigenvalue weighted by atomic mass is 16.3. The Hall–Kier alpha value is -10.8.